The van der Waals surface area contributed by atoms with Gasteiger partial charge < -0.3 is 4.90 Å². The maximum absolute atomic E-state index is 12.4. The second-order valence-corrected chi connectivity index (χ2v) is 5.44. The fourth-order valence-corrected chi connectivity index (χ4v) is 2.97. The third-order valence-electron chi connectivity index (χ3n) is 3.68. The SMILES string of the molecule is O=c1[nH]c2c(c(=O)[nH]1)C(c1ccccc1Cl)N1C=CC=NC1=N2. The first-order valence-electron chi connectivity index (χ1n) is 6.84. The van der Waals surface area contributed by atoms with Crippen LogP contribution >= 0.6 is 11.6 Å². The number of rotatable bonds is 1. The lowest BCUT2D eigenvalue weighted by atomic mass is 9.97. The molecule has 1 aromatic heterocycles. The molecule has 0 spiro atoms. The highest BCUT2D eigenvalue weighted by Gasteiger charge is 2.35. The van der Waals surface area contributed by atoms with E-state index >= 15 is 0 Å². The van der Waals surface area contributed by atoms with E-state index < -0.39 is 17.3 Å². The van der Waals surface area contributed by atoms with E-state index in [1.54, 1.807) is 29.5 Å². The summed E-state index contributed by atoms with van der Waals surface area (Å²) in [7, 11) is 0. The molecule has 1 aromatic carbocycles. The lowest BCUT2D eigenvalue weighted by molar-refractivity contribution is 0.451. The van der Waals surface area contributed by atoms with Crippen molar-refractivity contribution in [2.45, 2.75) is 6.04 Å². The lowest BCUT2D eigenvalue weighted by Crippen LogP contribution is -2.39. The maximum atomic E-state index is 12.4. The van der Waals surface area contributed by atoms with E-state index in [2.05, 4.69) is 20.0 Å². The summed E-state index contributed by atoms with van der Waals surface area (Å²) in [5.41, 5.74) is -0.0653. The molecule has 1 atom stereocenters. The molecule has 4 rings (SSSR count). The summed E-state index contributed by atoms with van der Waals surface area (Å²) in [6, 6.07) is 6.70. The van der Waals surface area contributed by atoms with E-state index in [1.165, 1.54) is 0 Å². The molecule has 0 bridgehead atoms. The minimum Gasteiger partial charge on any atom is -0.305 e. The Labute approximate surface area is 134 Å². The summed E-state index contributed by atoms with van der Waals surface area (Å²) >= 11 is 6.33. The Morgan fingerprint density at radius 1 is 1.17 bits per heavy atom. The van der Waals surface area contributed by atoms with Gasteiger partial charge in [0.1, 0.15) is 5.82 Å². The molecule has 2 aliphatic heterocycles. The van der Waals surface area contributed by atoms with Crippen LogP contribution in [-0.4, -0.2) is 27.0 Å². The minimum atomic E-state index is -0.611. The van der Waals surface area contributed by atoms with E-state index in [-0.39, 0.29) is 5.82 Å². The van der Waals surface area contributed by atoms with Crippen LogP contribution in [0.3, 0.4) is 0 Å². The standard InChI is InChI=1S/C15H10ClN5O2/c16-9-5-2-1-4-8(9)11-10-12(19-15(23)20-13(10)22)18-14-17-6-3-7-21(11)14/h1-7,11H,(H2,19,20,22,23). The Bertz CT molecular complexity index is 1000. The molecule has 0 saturated carbocycles. The number of hydrogen-bond acceptors (Lipinski definition) is 5. The third kappa shape index (κ3) is 2.13. The largest absolute Gasteiger partial charge is 0.327 e. The van der Waals surface area contributed by atoms with Gasteiger partial charge in [0.15, 0.2) is 0 Å². The van der Waals surface area contributed by atoms with Crippen LogP contribution in [0.1, 0.15) is 17.2 Å². The topological polar surface area (TPSA) is 93.7 Å². The van der Waals surface area contributed by atoms with Gasteiger partial charge >= 0.3 is 5.69 Å². The number of benzene rings is 1. The van der Waals surface area contributed by atoms with Gasteiger partial charge in [0, 0.05) is 17.4 Å². The molecule has 0 radical (unpaired) electrons. The van der Waals surface area contributed by atoms with E-state index in [4.69, 9.17) is 11.6 Å². The Kier molecular flexibility index (Phi) is 3.02. The number of allylic oxidation sites excluding steroid dienone is 1. The zero-order chi connectivity index (χ0) is 16.0. The lowest BCUT2D eigenvalue weighted by Gasteiger charge is -2.34. The minimum absolute atomic E-state index is 0.197. The monoisotopic (exact) mass is 327 g/mol. The number of nitrogens with zero attached hydrogens (tertiary/aromatic N) is 3. The quantitative estimate of drug-likeness (QED) is 0.834. The average molecular weight is 328 g/mol. The van der Waals surface area contributed by atoms with Gasteiger partial charge in [-0.1, -0.05) is 29.8 Å². The van der Waals surface area contributed by atoms with E-state index in [1.807, 2.05) is 18.2 Å². The number of H-pyrrole nitrogens is 2. The predicted molar refractivity (Wildman–Crippen MR) is 87.5 cm³/mol. The fraction of sp³-hybridized carbons (Fsp3) is 0.0667. The first-order valence-corrected chi connectivity index (χ1v) is 7.22. The molecule has 0 amide bonds. The molecule has 0 aliphatic carbocycles. The van der Waals surface area contributed by atoms with Crippen molar-refractivity contribution >= 4 is 29.6 Å². The summed E-state index contributed by atoms with van der Waals surface area (Å²) in [4.78, 5) is 39.0. The summed E-state index contributed by atoms with van der Waals surface area (Å²) in [5, 5.41) is 0.512. The van der Waals surface area contributed by atoms with Gasteiger partial charge in [0.05, 0.1) is 11.6 Å². The van der Waals surface area contributed by atoms with Gasteiger partial charge in [0.2, 0.25) is 5.96 Å². The number of halogens is 1. The smallest absolute Gasteiger partial charge is 0.305 e. The van der Waals surface area contributed by atoms with Crippen molar-refractivity contribution in [1.82, 2.24) is 14.9 Å². The molecule has 0 fully saturated rings. The van der Waals surface area contributed by atoms with Crippen LogP contribution in [0, 0.1) is 0 Å². The van der Waals surface area contributed by atoms with Crippen molar-refractivity contribution in [3.05, 3.63) is 73.5 Å². The number of fused-ring (bicyclic) bond motifs is 2. The molecule has 2 aliphatic rings. The Balaban J connectivity index is 2.05. The van der Waals surface area contributed by atoms with Crippen LogP contribution < -0.4 is 11.2 Å². The zero-order valence-electron chi connectivity index (χ0n) is 11.7. The third-order valence-corrected chi connectivity index (χ3v) is 4.02. The molecule has 23 heavy (non-hydrogen) atoms. The van der Waals surface area contributed by atoms with E-state index in [9.17, 15) is 9.59 Å². The van der Waals surface area contributed by atoms with Crippen molar-refractivity contribution < 1.29 is 0 Å². The Morgan fingerprint density at radius 3 is 2.83 bits per heavy atom. The van der Waals surface area contributed by atoms with Gasteiger partial charge in [-0.25, -0.2) is 9.79 Å². The number of guanidine groups is 1. The normalized spacial score (nSPS) is 18.4. The Morgan fingerprint density at radius 2 is 2.00 bits per heavy atom. The van der Waals surface area contributed by atoms with Crippen LogP contribution in [0.15, 0.2) is 56.1 Å². The second-order valence-electron chi connectivity index (χ2n) is 5.03. The van der Waals surface area contributed by atoms with Crippen LogP contribution in [0.25, 0.3) is 0 Å². The molecule has 2 N–H and O–H groups in total. The van der Waals surface area contributed by atoms with Crippen molar-refractivity contribution in [2.75, 3.05) is 0 Å². The highest BCUT2D eigenvalue weighted by atomic mass is 35.5. The first kappa shape index (κ1) is 13.7. The highest BCUT2D eigenvalue weighted by Crippen LogP contribution is 2.39. The maximum Gasteiger partial charge on any atom is 0.327 e. The van der Waals surface area contributed by atoms with Gasteiger partial charge in [-0.3, -0.25) is 14.8 Å². The molecule has 114 valence electrons. The number of nitrogens with one attached hydrogen (secondary N) is 2. The summed E-state index contributed by atoms with van der Waals surface area (Å²) < 4.78 is 0. The van der Waals surface area contributed by atoms with Gasteiger partial charge in [-0.05, 0) is 17.7 Å². The molecule has 1 unspecified atom stereocenters. The average Bonchev–Trinajstić information content (AvgIpc) is 2.53. The second kappa shape index (κ2) is 5.06. The Hall–Kier alpha value is -2.93. The number of aromatic amines is 2. The predicted octanol–water partition coefficient (Wildman–Crippen LogP) is 1.71. The fourth-order valence-electron chi connectivity index (χ4n) is 2.73. The van der Waals surface area contributed by atoms with Crippen LogP contribution in [0.4, 0.5) is 5.82 Å². The van der Waals surface area contributed by atoms with E-state index in [0.29, 0.717) is 16.5 Å². The van der Waals surface area contributed by atoms with Gasteiger partial charge in [-0.15, -0.1) is 0 Å². The van der Waals surface area contributed by atoms with Crippen LogP contribution in [0.5, 0.6) is 0 Å². The zero-order valence-corrected chi connectivity index (χ0v) is 12.4. The van der Waals surface area contributed by atoms with Gasteiger partial charge in [-0.2, -0.15) is 4.99 Å². The molecule has 8 heteroatoms. The molecular formula is C15H10ClN5O2. The first-order chi connectivity index (χ1) is 11.1. The molecule has 3 heterocycles. The van der Waals surface area contributed by atoms with Crippen molar-refractivity contribution in [3.8, 4) is 0 Å². The van der Waals surface area contributed by atoms with Gasteiger partial charge in [0.25, 0.3) is 5.56 Å². The summed E-state index contributed by atoms with van der Waals surface area (Å²) in [5.74, 6) is 0.577. The number of aromatic nitrogens is 2. The molecule has 2 aromatic rings. The van der Waals surface area contributed by atoms with Crippen molar-refractivity contribution in [3.63, 3.8) is 0 Å². The van der Waals surface area contributed by atoms with Crippen molar-refractivity contribution in [1.29, 1.82) is 0 Å². The van der Waals surface area contributed by atoms with Crippen LogP contribution in [0.2, 0.25) is 5.02 Å². The van der Waals surface area contributed by atoms with Crippen LogP contribution in [-0.2, 0) is 0 Å². The molecule has 7 nitrogen and oxygen atoms in total. The number of aliphatic imine (C=N–C) groups is 2. The van der Waals surface area contributed by atoms with Crippen molar-refractivity contribution in [2.24, 2.45) is 9.98 Å². The summed E-state index contributed by atoms with van der Waals surface area (Å²) in [6.07, 6.45) is 5.11. The highest BCUT2D eigenvalue weighted by molar-refractivity contribution is 6.31. The number of hydrogen-bond donors (Lipinski definition) is 2. The molecule has 0 saturated heterocycles. The van der Waals surface area contributed by atoms with E-state index in [0.717, 1.165) is 5.56 Å². The molecular weight excluding hydrogens is 318 g/mol. The summed E-state index contributed by atoms with van der Waals surface area (Å²) in [6.45, 7) is 0.